The summed E-state index contributed by atoms with van der Waals surface area (Å²) < 4.78 is 5.53. The number of thiazole rings is 1. The van der Waals surface area contributed by atoms with Gasteiger partial charge in [-0.2, -0.15) is 0 Å². The molecule has 3 aromatic rings. The summed E-state index contributed by atoms with van der Waals surface area (Å²) in [5.41, 5.74) is 4.22. The SMILES string of the molecule is Cc1ccc(OCC(=O)Nc2nc(-c3ccccc3)cs2)cc1C. The van der Waals surface area contributed by atoms with Gasteiger partial charge in [-0.3, -0.25) is 10.1 Å². The van der Waals surface area contributed by atoms with Gasteiger partial charge in [0.2, 0.25) is 0 Å². The Labute approximate surface area is 145 Å². The molecule has 0 fully saturated rings. The Kier molecular flexibility index (Phi) is 4.91. The third-order valence-corrected chi connectivity index (χ3v) is 4.43. The molecule has 122 valence electrons. The van der Waals surface area contributed by atoms with Crippen LogP contribution in [-0.4, -0.2) is 17.5 Å². The average molecular weight is 338 g/mol. The molecule has 2 aromatic carbocycles. The van der Waals surface area contributed by atoms with Gasteiger partial charge in [0.15, 0.2) is 11.7 Å². The lowest BCUT2D eigenvalue weighted by Gasteiger charge is -2.07. The third kappa shape index (κ3) is 4.00. The number of nitrogens with zero attached hydrogens (tertiary/aromatic N) is 1. The van der Waals surface area contributed by atoms with Crippen molar-refractivity contribution < 1.29 is 9.53 Å². The van der Waals surface area contributed by atoms with Crippen LogP contribution in [0.5, 0.6) is 5.75 Å². The van der Waals surface area contributed by atoms with Crippen LogP contribution in [0, 0.1) is 13.8 Å². The van der Waals surface area contributed by atoms with Crippen molar-refractivity contribution in [2.24, 2.45) is 0 Å². The maximum atomic E-state index is 12.0. The number of anilines is 1. The van der Waals surface area contributed by atoms with Gasteiger partial charge in [-0.25, -0.2) is 4.98 Å². The molecular formula is C19H18N2O2S. The van der Waals surface area contributed by atoms with Crippen LogP contribution in [-0.2, 0) is 4.79 Å². The second-order valence-electron chi connectivity index (χ2n) is 5.49. The highest BCUT2D eigenvalue weighted by Gasteiger charge is 2.09. The zero-order valence-corrected chi connectivity index (χ0v) is 14.4. The number of hydrogen-bond acceptors (Lipinski definition) is 4. The standard InChI is InChI=1S/C19H18N2O2S/c1-13-8-9-16(10-14(13)2)23-11-18(22)21-19-20-17(12-24-19)15-6-4-3-5-7-15/h3-10,12H,11H2,1-2H3,(H,20,21,22). The first-order valence-corrected chi connectivity index (χ1v) is 8.50. The van der Waals surface area contributed by atoms with Gasteiger partial charge in [-0.15, -0.1) is 11.3 Å². The molecular weight excluding hydrogens is 320 g/mol. The van der Waals surface area contributed by atoms with Crippen molar-refractivity contribution in [1.82, 2.24) is 4.98 Å². The summed E-state index contributed by atoms with van der Waals surface area (Å²) >= 11 is 1.40. The van der Waals surface area contributed by atoms with E-state index >= 15 is 0 Å². The molecule has 3 rings (SSSR count). The molecule has 0 aliphatic carbocycles. The van der Waals surface area contributed by atoms with Crippen molar-refractivity contribution in [2.75, 3.05) is 11.9 Å². The summed E-state index contributed by atoms with van der Waals surface area (Å²) in [5.74, 6) is 0.472. The number of hydrogen-bond donors (Lipinski definition) is 1. The largest absolute Gasteiger partial charge is 0.484 e. The summed E-state index contributed by atoms with van der Waals surface area (Å²) in [5, 5.41) is 5.27. The van der Waals surface area contributed by atoms with Gasteiger partial charge >= 0.3 is 0 Å². The Hall–Kier alpha value is -2.66. The first kappa shape index (κ1) is 16.2. The predicted molar refractivity (Wildman–Crippen MR) is 97.6 cm³/mol. The van der Waals surface area contributed by atoms with E-state index in [1.165, 1.54) is 16.9 Å². The van der Waals surface area contributed by atoms with Crippen LogP contribution >= 0.6 is 11.3 Å². The monoisotopic (exact) mass is 338 g/mol. The van der Waals surface area contributed by atoms with Crippen LogP contribution < -0.4 is 10.1 Å². The van der Waals surface area contributed by atoms with Crippen molar-refractivity contribution in [2.45, 2.75) is 13.8 Å². The highest BCUT2D eigenvalue weighted by molar-refractivity contribution is 7.14. The number of carbonyl (C=O) groups excluding carboxylic acids is 1. The molecule has 0 atom stereocenters. The van der Waals surface area contributed by atoms with E-state index in [4.69, 9.17) is 4.74 Å². The van der Waals surface area contributed by atoms with Crippen LogP contribution in [0.4, 0.5) is 5.13 Å². The predicted octanol–water partition coefficient (Wildman–Crippen LogP) is 4.44. The molecule has 1 amide bonds. The maximum absolute atomic E-state index is 12.0. The second-order valence-corrected chi connectivity index (χ2v) is 6.34. The van der Waals surface area contributed by atoms with E-state index in [1.807, 2.05) is 67.8 Å². The number of nitrogens with one attached hydrogen (secondary N) is 1. The van der Waals surface area contributed by atoms with Gasteiger partial charge in [0, 0.05) is 10.9 Å². The van der Waals surface area contributed by atoms with Crippen molar-refractivity contribution in [3.8, 4) is 17.0 Å². The lowest BCUT2D eigenvalue weighted by Crippen LogP contribution is -2.20. The lowest BCUT2D eigenvalue weighted by atomic mass is 10.1. The van der Waals surface area contributed by atoms with Gasteiger partial charge in [-0.1, -0.05) is 36.4 Å². The Morgan fingerprint density at radius 3 is 2.67 bits per heavy atom. The molecule has 0 aliphatic heterocycles. The number of amides is 1. The number of aromatic nitrogens is 1. The maximum Gasteiger partial charge on any atom is 0.264 e. The van der Waals surface area contributed by atoms with Gasteiger partial charge in [0.1, 0.15) is 5.75 Å². The molecule has 0 aliphatic rings. The smallest absolute Gasteiger partial charge is 0.264 e. The van der Waals surface area contributed by atoms with Crippen molar-refractivity contribution in [3.63, 3.8) is 0 Å². The quantitative estimate of drug-likeness (QED) is 0.748. The molecule has 0 saturated carbocycles. The Morgan fingerprint density at radius 2 is 1.92 bits per heavy atom. The summed E-state index contributed by atoms with van der Waals surface area (Å²) in [6, 6.07) is 15.6. The summed E-state index contributed by atoms with van der Waals surface area (Å²) in [7, 11) is 0. The van der Waals surface area contributed by atoms with Gasteiger partial charge in [-0.05, 0) is 37.1 Å². The van der Waals surface area contributed by atoms with Crippen molar-refractivity contribution in [3.05, 3.63) is 65.0 Å². The fraction of sp³-hybridized carbons (Fsp3) is 0.158. The van der Waals surface area contributed by atoms with E-state index in [0.29, 0.717) is 10.9 Å². The minimum atomic E-state index is -0.220. The molecule has 0 unspecified atom stereocenters. The fourth-order valence-corrected chi connectivity index (χ4v) is 2.92. The Bertz CT molecular complexity index is 844. The molecule has 1 N–H and O–H groups in total. The first-order valence-electron chi connectivity index (χ1n) is 7.62. The van der Waals surface area contributed by atoms with E-state index in [0.717, 1.165) is 16.8 Å². The van der Waals surface area contributed by atoms with Crippen LogP contribution in [0.3, 0.4) is 0 Å². The Morgan fingerprint density at radius 1 is 1.12 bits per heavy atom. The number of benzene rings is 2. The summed E-state index contributed by atoms with van der Waals surface area (Å²) in [6.07, 6.45) is 0. The summed E-state index contributed by atoms with van der Waals surface area (Å²) in [6.45, 7) is 4.02. The van der Waals surface area contributed by atoms with E-state index in [-0.39, 0.29) is 12.5 Å². The lowest BCUT2D eigenvalue weighted by molar-refractivity contribution is -0.118. The fourth-order valence-electron chi connectivity index (χ4n) is 2.18. The minimum Gasteiger partial charge on any atom is -0.484 e. The van der Waals surface area contributed by atoms with Gasteiger partial charge in [0.25, 0.3) is 5.91 Å². The molecule has 5 heteroatoms. The molecule has 0 radical (unpaired) electrons. The Balaban J connectivity index is 1.57. The van der Waals surface area contributed by atoms with Crippen molar-refractivity contribution >= 4 is 22.4 Å². The average Bonchev–Trinajstić information content (AvgIpc) is 3.05. The molecule has 4 nitrogen and oxygen atoms in total. The first-order chi connectivity index (χ1) is 11.6. The second kappa shape index (κ2) is 7.27. The van der Waals surface area contributed by atoms with Crippen LogP contribution in [0.25, 0.3) is 11.3 Å². The highest BCUT2D eigenvalue weighted by atomic mass is 32.1. The zero-order valence-electron chi connectivity index (χ0n) is 13.6. The van der Waals surface area contributed by atoms with E-state index in [2.05, 4.69) is 10.3 Å². The molecule has 1 heterocycles. The number of aryl methyl sites for hydroxylation is 2. The molecule has 0 spiro atoms. The van der Waals surface area contributed by atoms with Crippen LogP contribution in [0.2, 0.25) is 0 Å². The zero-order chi connectivity index (χ0) is 16.9. The van der Waals surface area contributed by atoms with E-state index in [1.54, 1.807) is 0 Å². The topological polar surface area (TPSA) is 51.2 Å². The van der Waals surface area contributed by atoms with Crippen LogP contribution in [0.15, 0.2) is 53.9 Å². The number of carbonyl (C=O) groups is 1. The van der Waals surface area contributed by atoms with E-state index < -0.39 is 0 Å². The minimum absolute atomic E-state index is 0.0389. The highest BCUT2D eigenvalue weighted by Crippen LogP contribution is 2.24. The normalized spacial score (nSPS) is 10.4. The molecule has 24 heavy (non-hydrogen) atoms. The third-order valence-electron chi connectivity index (χ3n) is 3.67. The van der Waals surface area contributed by atoms with Crippen molar-refractivity contribution in [1.29, 1.82) is 0 Å². The summed E-state index contributed by atoms with van der Waals surface area (Å²) in [4.78, 5) is 16.4. The molecule has 0 bridgehead atoms. The van der Waals surface area contributed by atoms with E-state index in [9.17, 15) is 4.79 Å². The molecule has 0 saturated heterocycles. The van der Waals surface area contributed by atoms with Gasteiger partial charge < -0.3 is 4.74 Å². The van der Waals surface area contributed by atoms with Gasteiger partial charge in [0.05, 0.1) is 5.69 Å². The number of rotatable bonds is 5. The number of ether oxygens (including phenoxy) is 1. The van der Waals surface area contributed by atoms with Crippen LogP contribution in [0.1, 0.15) is 11.1 Å². The molecule has 1 aromatic heterocycles.